The zero-order valence-electron chi connectivity index (χ0n) is 13.4. The third kappa shape index (κ3) is 7.43. The van der Waals surface area contributed by atoms with Crippen LogP contribution in [0.2, 0.25) is 5.02 Å². The van der Waals surface area contributed by atoms with Gasteiger partial charge in [0.1, 0.15) is 0 Å². The summed E-state index contributed by atoms with van der Waals surface area (Å²) >= 11 is 5.90. The summed E-state index contributed by atoms with van der Waals surface area (Å²) in [6, 6.07) is 7.49. The van der Waals surface area contributed by atoms with Crippen LogP contribution in [0.1, 0.15) is 26.3 Å². The predicted molar refractivity (Wildman–Crippen MR) is 87.8 cm³/mol. The van der Waals surface area contributed by atoms with Gasteiger partial charge in [0.15, 0.2) is 13.1 Å². The van der Waals surface area contributed by atoms with E-state index in [4.69, 9.17) is 11.6 Å². The van der Waals surface area contributed by atoms with Crippen LogP contribution in [0.15, 0.2) is 24.3 Å². The number of quaternary nitrogens is 1. The first kappa shape index (κ1) is 18.5. The number of carbonyl (C=O) groups is 2. The highest BCUT2D eigenvalue weighted by Crippen LogP contribution is 2.09. The standard InChI is InChI=1S/C16H24ClN3O2/c1-4-20(11-16(22)19-12(2)3)10-15(21)18-9-13-6-5-7-14(17)8-13/h5-8,12H,4,9-11H2,1-3H3,(H,18,21)(H,19,22)/p+1. The number of hydrogen-bond acceptors (Lipinski definition) is 2. The minimum absolute atomic E-state index is 0.0329. The molecule has 0 aliphatic carbocycles. The van der Waals surface area contributed by atoms with Crippen LogP contribution in [0.25, 0.3) is 0 Å². The van der Waals surface area contributed by atoms with Gasteiger partial charge in [0.25, 0.3) is 11.8 Å². The molecule has 2 amide bonds. The first-order valence-electron chi connectivity index (χ1n) is 7.54. The van der Waals surface area contributed by atoms with Crippen molar-refractivity contribution in [2.75, 3.05) is 19.6 Å². The highest BCUT2D eigenvalue weighted by molar-refractivity contribution is 6.30. The zero-order valence-corrected chi connectivity index (χ0v) is 14.2. The minimum atomic E-state index is -0.0748. The molecule has 0 fully saturated rings. The van der Waals surface area contributed by atoms with E-state index < -0.39 is 0 Å². The van der Waals surface area contributed by atoms with Crippen LogP contribution in [0, 0.1) is 0 Å². The third-order valence-corrected chi connectivity index (χ3v) is 3.38. The van der Waals surface area contributed by atoms with Crippen LogP contribution in [0.3, 0.4) is 0 Å². The first-order valence-corrected chi connectivity index (χ1v) is 7.92. The molecule has 6 heteroatoms. The maximum atomic E-state index is 12.0. The average Bonchev–Trinajstić information content (AvgIpc) is 2.43. The average molecular weight is 327 g/mol. The van der Waals surface area contributed by atoms with Crippen molar-refractivity contribution in [3.63, 3.8) is 0 Å². The van der Waals surface area contributed by atoms with Crippen LogP contribution in [0.4, 0.5) is 0 Å². The highest BCUT2D eigenvalue weighted by atomic mass is 35.5. The molecule has 1 atom stereocenters. The number of rotatable bonds is 8. The number of carbonyl (C=O) groups excluding carboxylic acids is 2. The van der Waals surface area contributed by atoms with E-state index in [1.165, 1.54) is 0 Å². The molecule has 0 aliphatic heterocycles. The Kier molecular flexibility index (Phi) is 7.91. The molecule has 0 saturated carbocycles. The van der Waals surface area contributed by atoms with Crippen molar-refractivity contribution < 1.29 is 14.5 Å². The third-order valence-electron chi connectivity index (χ3n) is 3.15. The zero-order chi connectivity index (χ0) is 16.5. The van der Waals surface area contributed by atoms with Gasteiger partial charge in [-0.3, -0.25) is 9.59 Å². The molecule has 5 nitrogen and oxygen atoms in total. The van der Waals surface area contributed by atoms with Gasteiger partial charge in [-0.05, 0) is 38.5 Å². The second-order valence-corrected chi connectivity index (χ2v) is 6.02. The van der Waals surface area contributed by atoms with Crippen LogP contribution in [-0.4, -0.2) is 37.5 Å². The predicted octanol–water partition coefficient (Wildman–Crippen LogP) is 0.386. The molecule has 3 N–H and O–H groups in total. The molecular formula is C16H25ClN3O2+. The first-order chi connectivity index (χ1) is 10.4. The molecule has 0 bridgehead atoms. The van der Waals surface area contributed by atoms with Gasteiger partial charge in [-0.25, -0.2) is 0 Å². The lowest BCUT2D eigenvalue weighted by Crippen LogP contribution is -3.14. The molecule has 1 aromatic carbocycles. The van der Waals surface area contributed by atoms with Crippen LogP contribution < -0.4 is 15.5 Å². The monoisotopic (exact) mass is 326 g/mol. The molecule has 0 saturated heterocycles. The van der Waals surface area contributed by atoms with Crippen LogP contribution >= 0.6 is 11.6 Å². The lowest BCUT2D eigenvalue weighted by atomic mass is 10.2. The molecular weight excluding hydrogens is 302 g/mol. The number of hydrogen-bond donors (Lipinski definition) is 3. The second kappa shape index (κ2) is 9.43. The number of nitrogens with one attached hydrogen (secondary N) is 3. The van der Waals surface area contributed by atoms with Crippen molar-refractivity contribution in [1.29, 1.82) is 0 Å². The van der Waals surface area contributed by atoms with Gasteiger partial charge in [-0.1, -0.05) is 23.7 Å². The summed E-state index contributed by atoms with van der Waals surface area (Å²) in [5.41, 5.74) is 0.955. The molecule has 0 heterocycles. The molecule has 0 spiro atoms. The van der Waals surface area contributed by atoms with E-state index in [0.717, 1.165) is 17.0 Å². The van der Waals surface area contributed by atoms with Gasteiger partial charge in [0, 0.05) is 17.6 Å². The van der Waals surface area contributed by atoms with E-state index in [-0.39, 0.29) is 24.4 Å². The van der Waals surface area contributed by atoms with E-state index >= 15 is 0 Å². The smallest absolute Gasteiger partial charge is 0.275 e. The fourth-order valence-corrected chi connectivity index (χ4v) is 2.26. The van der Waals surface area contributed by atoms with E-state index in [9.17, 15) is 9.59 Å². The SMILES string of the molecule is CC[NH+](CC(=O)NCc1cccc(Cl)c1)CC(=O)NC(C)C. The van der Waals surface area contributed by atoms with Crippen LogP contribution in [0.5, 0.6) is 0 Å². The quantitative estimate of drug-likeness (QED) is 0.647. The van der Waals surface area contributed by atoms with Gasteiger partial charge in [-0.2, -0.15) is 0 Å². The normalized spacial score (nSPS) is 12.0. The van der Waals surface area contributed by atoms with Gasteiger partial charge in [0.2, 0.25) is 0 Å². The maximum Gasteiger partial charge on any atom is 0.275 e. The maximum absolute atomic E-state index is 12.0. The Balaban J connectivity index is 2.40. The molecule has 0 aromatic heterocycles. The fraction of sp³-hybridized carbons (Fsp3) is 0.500. The van der Waals surface area contributed by atoms with Gasteiger partial charge >= 0.3 is 0 Å². The summed E-state index contributed by atoms with van der Waals surface area (Å²) in [5.74, 6) is -0.108. The minimum Gasteiger partial charge on any atom is -0.349 e. The fourth-order valence-electron chi connectivity index (χ4n) is 2.05. The summed E-state index contributed by atoms with van der Waals surface area (Å²) in [6.07, 6.45) is 0. The summed E-state index contributed by atoms with van der Waals surface area (Å²) in [5, 5.41) is 6.34. The van der Waals surface area contributed by atoms with Gasteiger partial charge in [0.05, 0.1) is 6.54 Å². The summed E-state index contributed by atoms with van der Waals surface area (Å²) < 4.78 is 0. The van der Waals surface area contributed by atoms with Crippen molar-refractivity contribution in [3.8, 4) is 0 Å². The lowest BCUT2D eigenvalue weighted by Gasteiger charge is -2.17. The van der Waals surface area contributed by atoms with Crippen LogP contribution in [-0.2, 0) is 16.1 Å². The molecule has 0 radical (unpaired) electrons. The van der Waals surface area contributed by atoms with Crippen molar-refractivity contribution in [2.45, 2.75) is 33.4 Å². The Morgan fingerprint density at radius 1 is 1.23 bits per heavy atom. The van der Waals surface area contributed by atoms with Crippen molar-refractivity contribution in [1.82, 2.24) is 10.6 Å². The van der Waals surface area contributed by atoms with E-state index in [2.05, 4.69) is 10.6 Å². The Labute approximate surface area is 137 Å². The Bertz CT molecular complexity index is 506. The van der Waals surface area contributed by atoms with Gasteiger partial charge < -0.3 is 15.5 Å². The van der Waals surface area contributed by atoms with Crippen molar-refractivity contribution in [3.05, 3.63) is 34.9 Å². The molecule has 122 valence electrons. The molecule has 22 heavy (non-hydrogen) atoms. The Morgan fingerprint density at radius 2 is 1.91 bits per heavy atom. The number of likely N-dealkylation sites (N-methyl/N-ethyl adjacent to an activating group) is 1. The van der Waals surface area contributed by atoms with E-state index in [1.54, 1.807) is 6.07 Å². The highest BCUT2D eigenvalue weighted by Gasteiger charge is 2.16. The number of halogens is 1. The van der Waals surface area contributed by atoms with Crippen molar-refractivity contribution in [2.24, 2.45) is 0 Å². The Morgan fingerprint density at radius 3 is 2.50 bits per heavy atom. The van der Waals surface area contributed by atoms with Gasteiger partial charge in [-0.15, -0.1) is 0 Å². The van der Waals surface area contributed by atoms with E-state index in [0.29, 0.717) is 18.1 Å². The summed E-state index contributed by atoms with van der Waals surface area (Å²) in [6.45, 7) is 7.54. The molecule has 1 rings (SSSR count). The second-order valence-electron chi connectivity index (χ2n) is 5.59. The van der Waals surface area contributed by atoms with Crippen molar-refractivity contribution >= 4 is 23.4 Å². The van der Waals surface area contributed by atoms with E-state index in [1.807, 2.05) is 39.0 Å². The topological polar surface area (TPSA) is 62.6 Å². The largest absolute Gasteiger partial charge is 0.349 e. The molecule has 1 unspecified atom stereocenters. The number of benzene rings is 1. The molecule has 1 aromatic rings. The number of amides is 2. The lowest BCUT2D eigenvalue weighted by molar-refractivity contribution is -0.881. The summed E-state index contributed by atoms with van der Waals surface area (Å²) in [4.78, 5) is 24.7. The molecule has 0 aliphatic rings. The Hall–Kier alpha value is -1.59. The summed E-state index contributed by atoms with van der Waals surface area (Å²) in [7, 11) is 0.